The van der Waals surface area contributed by atoms with Gasteiger partial charge in [-0.15, -0.1) is 0 Å². The van der Waals surface area contributed by atoms with Gasteiger partial charge < -0.3 is 29.6 Å². The predicted molar refractivity (Wildman–Crippen MR) is 475 cm³/mol. The Labute approximate surface area is 714 Å². The maximum Gasteiger partial charge on any atom is 0.240 e. The van der Waals surface area contributed by atoms with Crippen LogP contribution in [-0.4, -0.2) is 59.2 Å². The summed E-state index contributed by atoms with van der Waals surface area (Å²) >= 11 is 0. The summed E-state index contributed by atoms with van der Waals surface area (Å²) in [5, 5.41) is 6.92. The summed E-state index contributed by atoms with van der Waals surface area (Å²) in [5.74, 6) is 3.45. The van der Waals surface area contributed by atoms with Crippen molar-refractivity contribution in [3.8, 4) is 67.9 Å². The van der Waals surface area contributed by atoms with Gasteiger partial charge in [0.2, 0.25) is 36.1 Å². The van der Waals surface area contributed by atoms with Crippen molar-refractivity contribution in [2.24, 2.45) is 16.2 Å². The molecule has 16 nitrogen and oxygen atoms in total. The number of ether oxygens (including phenoxy) is 4. The number of anilines is 4. The van der Waals surface area contributed by atoms with Crippen LogP contribution in [0, 0.1) is 30.1 Å². The van der Waals surface area contributed by atoms with Crippen LogP contribution in [0.25, 0.3) is 33.4 Å². The second-order valence-corrected chi connectivity index (χ2v) is 35.1. The molecule has 16 heteroatoms. The topological polar surface area (TPSA) is 204 Å². The molecular formula is C107H92N4O12. The van der Waals surface area contributed by atoms with Crippen LogP contribution >= 0.6 is 0 Å². The Balaban J connectivity index is 0.000000105. The van der Waals surface area contributed by atoms with Gasteiger partial charge in [0.1, 0.15) is 34.5 Å². The van der Waals surface area contributed by atoms with E-state index in [0.717, 1.165) is 170 Å². The summed E-state index contributed by atoms with van der Waals surface area (Å²) in [4.78, 5) is 106. The van der Waals surface area contributed by atoms with E-state index in [4.69, 9.17) is 18.9 Å². The molecule has 612 valence electrons. The summed E-state index contributed by atoms with van der Waals surface area (Å²) in [6.45, 7) is 3.87. The molecule has 12 aromatic carbocycles. The van der Waals surface area contributed by atoms with Crippen molar-refractivity contribution in [3.63, 3.8) is 0 Å². The SMILES string of the molecule is Cc1cc(-c2ccc(N3C(=O)CC4(CCCC4)C3=O)c(C)c2)ccc1N1C(=O)CC2(CCCC2)C1=O.O=C1CCCc2cc3c(cc21)CC1(C3)Cc2cc3c(cc2C1)C(=O)CCC3.O=C1c2cccc(Oc3ccccc3)c2C(=O)c2cccc(Oc3ccccc3)c21.c1ccc(-c2ccc3c(c2)N[C@@H]([C@@H]2Nc4cc(-c5ccccc5)ccc4O2)O3)cc1. The maximum absolute atomic E-state index is 13.4. The van der Waals surface area contributed by atoms with Crippen molar-refractivity contribution in [2.45, 2.75) is 155 Å². The van der Waals surface area contributed by atoms with Crippen LogP contribution in [0.2, 0.25) is 0 Å². The van der Waals surface area contributed by atoms with Crippen LogP contribution in [0.1, 0.15) is 187 Å². The van der Waals surface area contributed by atoms with Crippen molar-refractivity contribution < 1.29 is 57.3 Å². The highest BCUT2D eigenvalue weighted by atomic mass is 16.6. The molecule has 4 fully saturated rings. The zero-order chi connectivity index (χ0) is 83.8. The first kappa shape index (κ1) is 78.0. The molecule has 0 unspecified atom stereocenters. The lowest BCUT2D eigenvalue weighted by atomic mass is 9.82. The maximum atomic E-state index is 13.4. The van der Waals surface area contributed by atoms with Crippen LogP contribution < -0.4 is 39.4 Å². The highest BCUT2D eigenvalue weighted by Crippen LogP contribution is 2.53. The monoisotopic (exact) mass is 1620 g/mol. The lowest BCUT2D eigenvalue weighted by molar-refractivity contribution is -0.126. The largest absolute Gasteiger partial charge is 0.462 e. The molecule has 4 aliphatic heterocycles. The van der Waals surface area contributed by atoms with Crippen molar-refractivity contribution >= 4 is 69.5 Å². The lowest BCUT2D eigenvalue weighted by Crippen LogP contribution is -2.41. The van der Waals surface area contributed by atoms with Crippen molar-refractivity contribution in [2.75, 3.05) is 20.4 Å². The summed E-state index contributed by atoms with van der Waals surface area (Å²) in [7, 11) is 0. The lowest BCUT2D eigenvalue weighted by Gasteiger charge is -2.23. The molecule has 4 amide bonds. The molecule has 2 atom stereocenters. The van der Waals surface area contributed by atoms with E-state index in [1.807, 2.05) is 135 Å². The first-order chi connectivity index (χ1) is 59.9. The molecule has 2 saturated heterocycles. The number of para-hydroxylation sites is 2. The van der Waals surface area contributed by atoms with E-state index in [1.165, 1.54) is 54.3 Å². The van der Waals surface area contributed by atoms with Gasteiger partial charge in [0, 0.05) is 47.9 Å². The number of Topliss-reactive ketones (excluding diaryl/α,β-unsaturated/α-hetero) is 2. The Morgan fingerprint density at radius 3 is 1.09 bits per heavy atom. The van der Waals surface area contributed by atoms with Gasteiger partial charge in [-0.2, -0.15) is 0 Å². The van der Waals surface area contributed by atoms with E-state index in [0.29, 0.717) is 82.7 Å². The van der Waals surface area contributed by atoms with Gasteiger partial charge in [-0.1, -0.05) is 183 Å². The Kier molecular flexibility index (Phi) is 20.1. The molecule has 12 aromatic rings. The van der Waals surface area contributed by atoms with Crippen LogP contribution in [0.4, 0.5) is 22.7 Å². The van der Waals surface area contributed by atoms with Crippen molar-refractivity contribution in [1.29, 1.82) is 0 Å². The average Bonchev–Trinajstić information content (AvgIpc) is 1.59. The van der Waals surface area contributed by atoms with E-state index in [1.54, 1.807) is 60.7 Å². The Hall–Kier alpha value is -13.6. The van der Waals surface area contributed by atoms with Gasteiger partial charge in [-0.05, 0) is 271 Å². The predicted octanol–water partition coefficient (Wildman–Crippen LogP) is 22.3. The van der Waals surface area contributed by atoms with E-state index < -0.39 is 10.8 Å². The number of benzene rings is 12. The van der Waals surface area contributed by atoms with E-state index >= 15 is 0 Å². The number of imide groups is 2. The standard InChI is InChI=1S/C30H32N2O4.C26H20N2O2.C26H16O4.C25H24O2/c1-19-15-21(7-9-23(19)31-25(33)17-29(27(31)35)11-3-4-12-29)22-8-10-24(20(2)16-22)32-26(34)18-30(28(32)36)13-5-6-14-30;1-3-7-17(8-4-1)19-11-13-23-21(15-19)27-25(29-23)26-28-22-16-20(12-14-24(22)30-26)18-9-5-2-6-10-18;27-25-20-14-8-16-22(30-18-11-5-2-6-12-18)24(20)26(28)19-13-7-15-21(23(19)25)29-17-9-3-1-4-10-17;26-23-5-1-3-15-7-17-11-25(13-19(17)9-21(15)23)12-18-8-16-4-2-6-24(27)22(16)10-20(18)14-25/h7-10,15-16H,3-6,11-14,17-18H2,1-2H3;1-16,25-28H;1-16H;7-10H,1-6,11-14H2/t;25-,26-;;/m.1../s1. The zero-order valence-corrected chi connectivity index (χ0v) is 68.8. The smallest absolute Gasteiger partial charge is 0.240 e. The second-order valence-electron chi connectivity index (χ2n) is 35.1. The second kappa shape index (κ2) is 31.8. The highest BCUT2D eigenvalue weighted by Gasteiger charge is 2.55. The van der Waals surface area contributed by atoms with E-state index in [2.05, 4.69) is 83.4 Å². The number of ketones is 4. The van der Waals surface area contributed by atoms with Gasteiger partial charge >= 0.3 is 0 Å². The zero-order valence-electron chi connectivity index (χ0n) is 68.8. The Morgan fingerprint density at radius 1 is 0.333 bits per heavy atom. The first-order valence-electron chi connectivity index (χ1n) is 43.3. The molecule has 0 radical (unpaired) electrons. The first-order valence-corrected chi connectivity index (χ1v) is 43.3. The van der Waals surface area contributed by atoms with Crippen LogP contribution in [-0.2, 0) is 57.7 Å². The van der Waals surface area contributed by atoms with Gasteiger partial charge in [-0.25, -0.2) is 9.80 Å². The molecule has 3 spiro atoms. The van der Waals surface area contributed by atoms with Gasteiger partial charge in [0.15, 0.2) is 23.1 Å². The third-order valence-corrected chi connectivity index (χ3v) is 27.0. The Bertz CT molecular complexity index is 5960. The van der Waals surface area contributed by atoms with E-state index in [-0.39, 0.29) is 64.2 Å². The molecule has 2 saturated carbocycles. The number of nitrogens with one attached hydrogen (secondary N) is 2. The normalized spacial score (nSPS) is 18.9. The van der Waals surface area contributed by atoms with Crippen LogP contribution in [0.15, 0.2) is 255 Å². The molecule has 123 heavy (non-hydrogen) atoms. The molecule has 11 aliphatic rings. The van der Waals surface area contributed by atoms with Crippen LogP contribution in [0.5, 0.6) is 34.5 Å². The summed E-state index contributed by atoms with van der Waals surface area (Å²) < 4.78 is 24.1. The molecule has 0 bridgehead atoms. The third kappa shape index (κ3) is 14.6. The number of amides is 4. The minimum atomic E-state index is -0.489. The highest BCUT2D eigenvalue weighted by molar-refractivity contribution is 6.30. The molecular weight excluding hydrogens is 1530 g/mol. The molecule has 0 aromatic heterocycles. The fourth-order valence-corrected chi connectivity index (χ4v) is 20.9. The Morgan fingerprint density at radius 2 is 0.699 bits per heavy atom. The quantitative estimate of drug-likeness (QED) is 0.122. The fourth-order valence-electron chi connectivity index (χ4n) is 20.9. The molecule has 7 aliphatic carbocycles. The van der Waals surface area contributed by atoms with Gasteiger partial charge in [-0.3, -0.25) is 38.4 Å². The van der Waals surface area contributed by atoms with Crippen molar-refractivity contribution in [1.82, 2.24) is 0 Å². The van der Waals surface area contributed by atoms with Gasteiger partial charge in [0.25, 0.3) is 0 Å². The van der Waals surface area contributed by atoms with Crippen molar-refractivity contribution in [3.05, 3.63) is 333 Å². The number of carbonyl (C=O) groups is 8. The van der Waals surface area contributed by atoms with Crippen LogP contribution in [0.3, 0.4) is 0 Å². The minimum Gasteiger partial charge on any atom is -0.462 e. The number of hydrogen-bond acceptors (Lipinski definition) is 14. The third-order valence-electron chi connectivity index (χ3n) is 27.0. The number of carbonyl (C=O) groups excluding carboxylic acids is 8. The summed E-state index contributed by atoms with van der Waals surface area (Å²) in [6.07, 6.45) is 17.2. The minimum absolute atomic E-state index is 0.0407. The fraction of sp³-hybridized carbons (Fsp3) is 0.252. The average molecular weight is 1630 g/mol. The molecule has 23 rings (SSSR count). The number of aryl methyl sites for hydroxylation is 4. The number of hydrogen-bond donors (Lipinski definition) is 2. The van der Waals surface area contributed by atoms with Gasteiger partial charge in [0.05, 0.1) is 44.7 Å². The number of rotatable bonds is 10. The summed E-state index contributed by atoms with van der Waals surface area (Å²) in [6, 6.07) is 82.4. The molecule has 2 N–H and O–H groups in total. The number of nitrogens with zero attached hydrogens (tertiary/aromatic N) is 2. The number of fused-ring (bicyclic) bond motifs is 8. The summed E-state index contributed by atoms with van der Waals surface area (Å²) in [5.41, 5.74) is 22.4. The molecule has 4 heterocycles. The van der Waals surface area contributed by atoms with E-state index in [9.17, 15) is 38.4 Å².